The lowest BCUT2D eigenvalue weighted by molar-refractivity contribution is -0.142. The largest absolute Gasteiger partial charge is 0.497 e. The van der Waals surface area contributed by atoms with Crippen LogP contribution >= 0.6 is 0 Å². The van der Waals surface area contributed by atoms with Gasteiger partial charge in [0.2, 0.25) is 0 Å². The summed E-state index contributed by atoms with van der Waals surface area (Å²) in [5.74, 6) is -1.64. The molecule has 0 saturated heterocycles. The minimum absolute atomic E-state index is 0.176. The topological polar surface area (TPSA) is 115 Å². The molecule has 0 bridgehead atoms. The summed E-state index contributed by atoms with van der Waals surface area (Å²) in [5.41, 5.74) is 0.692. The van der Waals surface area contributed by atoms with Crippen LogP contribution in [0.5, 0.6) is 5.75 Å². The molecule has 0 aromatic heterocycles. The zero-order valence-electron chi connectivity index (χ0n) is 16.5. The average Bonchev–Trinajstić information content (AvgIpc) is 2.76. The molecule has 0 spiro atoms. The number of carbonyl (C=O) groups is 3. The number of benzene rings is 2. The fourth-order valence-electron chi connectivity index (χ4n) is 2.41. The molecule has 30 heavy (non-hydrogen) atoms. The number of ether oxygens (including phenoxy) is 3. The van der Waals surface area contributed by atoms with Crippen molar-refractivity contribution in [1.29, 1.82) is 5.26 Å². The second kappa shape index (κ2) is 11.0. The van der Waals surface area contributed by atoms with E-state index in [0.29, 0.717) is 11.3 Å². The minimum Gasteiger partial charge on any atom is -0.497 e. The molecule has 2 rings (SSSR count). The van der Waals surface area contributed by atoms with E-state index in [4.69, 9.17) is 14.2 Å². The minimum atomic E-state index is -0.950. The van der Waals surface area contributed by atoms with Crippen LogP contribution in [0.25, 0.3) is 6.08 Å². The van der Waals surface area contributed by atoms with Gasteiger partial charge in [0, 0.05) is 0 Å². The second-order valence-corrected chi connectivity index (χ2v) is 5.84. The van der Waals surface area contributed by atoms with Gasteiger partial charge in [0.25, 0.3) is 5.91 Å². The Kier molecular flexibility index (Phi) is 8.15. The van der Waals surface area contributed by atoms with Crippen molar-refractivity contribution in [3.05, 3.63) is 65.2 Å². The monoisotopic (exact) mass is 408 g/mol. The molecule has 1 N–H and O–H groups in total. The van der Waals surface area contributed by atoms with Crippen LogP contribution in [0.3, 0.4) is 0 Å². The highest BCUT2D eigenvalue weighted by Gasteiger charge is 2.16. The number of nitrogens with one attached hydrogen (secondary N) is 1. The van der Waals surface area contributed by atoms with Gasteiger partial charge in [-0.2, -0.15) is 5.26 Å². The quantitative estimate of drug-likeness (QED) is 0.406. The summed E-state index contributed by atoms with van der Waals surface area (Å²) in [5, 5.41) is 11.7. The van der Waals surface area contributed by atoms with E-state index >= 15 is 0 Å². The molecule has 0 aliphatic carbocycles. The first kappa shape index (κ1) is 22.2. The van der Waals surface area contributed by atoms with Crippen molar-refractivity contribution in [3.63, 3.8) is 0 Å². The lowest BCUT2D eigenvalue weighted by Crippen LogP contribution is -2.22. The number of amides is 1. The summed E-state index contributed by atoms with van der Waals surface area (Å²) in [7, 11) is 1.50. The number of rotatable bonds is 8. The van der Waals surface area contributed by atoms with Crippen molar-refractivity contribution in [1.82, 2.24) is 0 Å². The molecular weight excluding hydrogens is 388 g/mol. The van der Waals surface area contributed by atoms with Crippen molar-refractivity contribution < 1.29 is 28.6 Å². The highest BCUT2D eigenvalue weighted by Crippen LogP contribution is 2.17. The van der Waals surface area contributed by atoms with Crippen molar-refractivity contribution in [2.45, 2.75) is 6.92 Å². The standard InChI is InChI=1S/C22H20N2O6/c1-3-29-22(27)18-9-4-5-10-19(18)24-20(25)14-30-21(26)16(13-23)11-15-7-6-8-17(12-15)28-2/h4-12H,3,14H2,1-2H3,(H,24,25)/b16-11+. The van der Waals surface area contributed by atoms with Gasteiger partial charge in [-0.25, -0.2) is 9.59 Å². The second-order valence-electron chi connectivity index (χ2n) is 5.84. The van der Waals surface area contributed by atoms with Gasteiger partial charge >= 0.3 is 11.9 Å². The maximum Gasteiger partial charge on any atom is 0.349 e. The Morgan fingerprint density at radius 3 is 2.57 bits per heavy atom. The number of nitriles is 1. The van der Waals surface area contributed by atoms with E-state index in [1.807, 2.05) is 0 Å². The molecule has 154 valence electrons. The van der Waals surface area contributed by atoms with Crippen LogP contribution in [0, 0.1) is 11.3 Å². The lowest BCUT2D eigenvalue weighted by atomic mass is 10.1. The summed E-state index contributed by atoms with van der Waals surface area (Å²) in [6.45, 7) is 1.23. The molecule has 2 aromatic rings. The molecule has 1 amide bonds. The number of carbonyl (C=O) groups excluding carboxylic acids is 3. The zero-order chi connectivity index (χ0) is 21.9. The molecule has 0 radical (unpaired) electrons. The fourth-order valence-corrected chi connectivity index (χ4v) is 2.41. The number of anilines is 1. The van der Waals surface area contributed by atoms with Gasteiger partial charge in [0.1, 0.15) is 17.4 Å². The highest BCUT2D eigenvalue weighted by atomic mass is 16.5. The van der Waals surface area contributed by atoms with Crippen molar-refractivity contribution >= 4 is 29.6 Å². The maximum absolute atomic E-state index is 12.2. The van der Waals surface area contributed by atoms with Crippen molar-refractivity contribution in [2.24, 2.45) is 0 Å². The number of nitrogens with zero attached hydrogens (tertiary/aromatic N) is 1. The average molecular weight is 408 g/mol. The Morgan fingerprint density at radius 2 is 1.87 bits per heavy atom. The zero-order valence-corrected chi connectivity index (χ0v) is 16.5. The van der Waals surface area contributed by atoms with E-state index in [1.54, 1.807) is 49.4 Å². The maximum atomic E-state index is 12.2. The third-order valence-corrected chi connectivity index (χ3v) is 3.78. The lowest BCUT2D eigenvalue weighted by Gasteiger charge is -2.10. The molecule has 8 heteroatoms. The van der Waals surface area contributed by atoms with Gasteiger partial charge in [0.15, 0.2) is 6.61 Å². The molecule has 8 nitrogen and oxygen atoms in total. The Bertz CT molecular complexity index is 1010. The van der Waals surface area contributed by atoms with Gasteiger partial charge in [-0.3, -0.25) is 4.79 Å². The number of hydrogen-bond acceptors (Lipinski definition) is 7. The summed E-state index contributed by atoms with van der Waals surface area (Å²) in [4.78, 5) is 36.2. The smallest absolute Gasteiger partial charge is 0.349 e. The molecule has 0 heterocycles. The van der Waals surface area contributed by atoms with Gasteiger partial charge in [-0.15, -0.1) is 0 Å². The van der Waals surface area contributed by atoms with Crippen LogP contribution in [-0.2, 0) is 19.1 Å². The Morgan fingerprint density at radius 1 is 1.10 bits per heavy atom. The predicted molar refractivity (Wildman–Crippen MR) is 109 cm³/mol. The Hall–Kier alpha value is -4.12. The van der Waals surface area contributed by atoms with E-state index < -0.39 is 24.5 Å². The molecule has 0 atom stereocenters. The summed E-state index contributed by atoms with van der Waals surface area (Å²) in [6, 6.07) is 14.8. The third kappa shape index (κ3) is 6.21. The first-order valence-corrected chi connectivity index (χ1v) is 8.97. The number of methoxy groups -OCH3 is 1. The van der Waals surface area contributed by atoms with Crippen molar-refractivity contribution in [2.75, 3.05) is 25.6 Å². The van der Waals surface area contributed by atoms with Crippen LogP contribution in [0.15, 0.2) is 54.1 Å². The summed E-state index contributed by atoms with van der Waals surface area (Å²) < 4.78 is 14.9. The number of esters is 2. The summed E-state index contributed by atoms with van der Waals surface area (Å²) in [6.07, 6.45) is 1.33. The van der Waals surface area contributed by atoms with Crippen LogP contribution in [0.1, 0.15) is 22.8 Å². The Balaban J connectivity index is 2.02. The fraction of sp³-hybridized carbons (Fsp3) is 0.182. The van der Waals surface area contributed by atoms with Gasteiger partial charge in [-0.1, -0.05) is 24.3 Å². The van der Waals surface area contributed by atoms with Crippen molar-refractivity contribution in [3.8, 4) is 11.8 Å². The molecule has 0 saturated carbocycles. The normalized spacial score (nSPS) is 10.5. The predicted octanol–water partition coefficient (Wildman–Crippen LogP) is 2.96. The van der Waals surface area contributed by atoms with Crippen LogP contribution in [0.2, 0.25) is 0 Å². The SMILES string of the molecule is CCOC(=O)c1ccccc1NC(=O)COC(=O)/C(C#N)=C/c1cccc(OC)c1. The van der Waals surface area contributed by atoms with Gasteiger partial charge in [0.05, 0.1) is 25.0 Å². The number of para-hydroxylation sites is 1. The van der Waals surface area contributed by atoms with E-state index in [9.17, 15) is 19.6 Å². The molecule has 0 aliphatic heterocycles. The number of hydrogen-bond donors (Lipinski definition) is 1. The Labute approximate surface area is 173 Å². The van der Waals surface area contributed by atoms with E-state index in [0.717, 1.165) is 0 Å². The summed E-state index contributed by atoms with van der Waals surface area (Å²) >= 11 is 0. The molecule has 2 aromatic carbocycles. The van der Waals surface area contributed by atoms with Gasteiger partial charge in [-0.05, 0) is 42.8 Å². The third-order valence-electron chi connectivity index (χ3n) is 3.78. The van der Waals surface area contributed by atoms with E-state index in [1.165, 1.54) is 25.3 Å². The molecule has 0 aliphatic rings. The molecule has 0 fully saturated rings. The van der Waals surface area contributed by atoms with E-state index in [2.05, 4.69) is 5.32 Å². The first-order valence-electron chi connectivity index (χ1n) is 8.97. The highest BCUT2D eigenvalue weighted by molar-refractivity contribution is 6.03. The van der Waals surface area contributed by atoms with Crippen LogP contribution in [0.4, 0.5) is 5.69 Å². The van der Waals surface area contributed by atoms with Crippen LogP contribution < -0.4 is 10.1 Å². The first-order chi connectivity index (χ1) is 14.5. The van der Waals surface area contributed by atoms with E-state index in [-0.39, 0.29) is 23.4 Å². The molecular formula is C22H20N2O6. The molecule has 0 unspecified atom stereocenters. The van der Waals surface area contributed by atoms with Crippen LogP contribution in [-0.4, -0.2) is 38.2 Å². The van der Waals surface area contributed by atoms with Gasteiger partial charge < -0.3 is 19.5 Å².